The van der Waals surface area contributed by atoms with Gasteiger partial charge < -0.3 is 15.7 Å². The van der Waals surface area contributed by atoms with Gasteiger partial charge in [0, 0.05) is 24.6 Å². The second-order valence-electron chi connectivity index (χ2n) is 4.71. The molecule has 1 aromatic heterocycles. The molecule has 122 valence electrons. The Hall–Kier alpha value is -2.61. The van der Waals surface area contributed by atoms with Gasteiger partial charge in [0.25, 0.3) is 0 Å². The van der Waals surface area contributed by atoms with Crippen molar-refractivity contribution in [1.82, 2.24) is 10.3 Å². The van der Waals surface area contributed by atoms with E-state index in [1.54, 1.807) is 12.1 Å². The number of nitrogens with zero attached hydrogens (tertiary/aromatic N) is 1. The van der Waals surface area contributed by atoms with Crippen LogP contribution in [0.2, 0.25) is 0 Å². The van der Waals surface area contributed by atoms with Crippen LogP contribution in [0.5, 0.6) is 0 Å². The Kier molecular flexibility index (Phi) is 5.17. The van der Waals surface area contributed by atoms with Gasteiger partial charge in [-0.3, -0.25) is 4.98 Å². The smallest absolute Gasteiger partial charge is 0.387 e. The van der Waals surface area contributed by atoms with Crippen molar-refractivity contribution >= 4 is 11.7 Å². The zero-order chi connectivity index (χ0) is 16.9. The minimum Gasteiger partial charge on any atom is -0.387 e. The van der Waals surface area contributed by atoms with Crippen molar-refractivity contribution in [1.29, 1.82) is 0 Å². The number of carbonyl (C=O) groups excluding carboxylic acids is 1. The van der Waals surface area contributed by atoms with Crippen molar-refractivity contribution in [2.45, 2.75) is 12.3 Å². The van der Waals surface area contributed by atoms with Crippen LogP contribution >= 0.6 is 0 Å². The first-order valence-corrected chi connectivity index (χ1v) is 6.66. The number of aromatic nitrogens is 1. The average molecular weight is 325 g/mol. The molecule has 0 aliphatic carbocycles. The quantitative estimate of drug-likeness (QED) is 0.809. The van der Waals surface area contributed by atoms with E-state index in [9.17, 15) is 23.1 Å². The number of hydrogen-bond donors (Lipinski definition) is 3. The third-order valence-corrected chi connectivity index (χ3v) is 2.99. The van der Waals surface area contributed by atoms with Crippen LogP contribution in [0.4, 0.5) is 23.7 Å². The average Bonchev–Trinajstić information content (AvgIpc) is 2.53. The van der Waals surface area contributed by atoms with Gasteiger partial charge in [0.05, 0.1) is 11.7 Å². The summed E-state index contributed by atoms with van der Waals surface area (Å²) in [6.45, 7) is -0.224. The van der Waals surface area contributed by atoms with Crippen LogP contribution in [0.1, 0.15) is 17.2 Å². The fraction of sp³-hybridized carbons (Fsp3) is 0.200. The van der Waals surface area contributed by atoms with Gasteiger partial charge in [0.1, 0.15) is 0 Å². The number of aliphatic hydroxyl groups excluding tert-OH is 1. The third kappa shape index (κ3) is 4.96. The van der Waals surface area contributed by atoms with Crippen molar-refractivity contribution in [2.24, 2.45) is 0 Å². The van der Waals surface area contributed by atoms with Crippen molar-refractivity contribution < 1.29 is 23.1 Å². The molecular weight excluding hydrogens is 311 g/mol. The molecule has 0 aliphatic heterocycles. The second kappa shape index (κ2) is 7.10. The molecule has 0 aliphatic rings. The molecule has 3 N–H and O–H groups in total. The van der Waals surface area contributed by atoms with Gasteiger partial charge >= 0.3 is 12.2 Å². The summed E-state index contributed by atoms with van der Waals surface area (Å²) in [7, 11) is 0. The van der Waals surface area contributed by atoms with E-state index in [0.29, 0.717) is 5.69 Å². The molecule has 0 unspecified atom stereocenters. The van der Waals surface area contributed by atoms with Crippen LogP contribution in [-0.2, 0) is 6.18 Å². The summed E-state index contributed by atoms with van der Waals surface area (Å²) in [5, 5.41) is 14.8. The van der Waals surface area contributed by atoms with Gasteiger partial charge in [-0.15, -0.1) is 0 Å². The molecule has 1 atom stereocenters. The zero-order valence-electron chi connectivity index (χ0n) is 11.8. The maximum Gasteiger partial charge on any atom is 0.416 e. The summed E-state index contributed by atoms with van der Waals surface area (Å²) in [4.78, 5) is 15.4. The minimum atomic E-state index is -4.48. The number of alkyl halides is 3. The Morgan fingerprint density at radius 2 is 1.91 bits per heavy atom. The first kappa shape index (κ1) is 16.8. The van der Waals surface area contributed by atoms with E-state index in [-0.39, 0.29) is 12.1 Å². The van der Waals surface area contributed by atoms with Crippen molar-refractivity contribution in [3.8, 4) is 0 Å². The summed E-state index contributed by atoms with van der Waals surface area (Å²) >= 11 is 0. The number of carbonyl (C=O) groups is 1. The number of nitrogens with one attached hydrogen (secondary N) is 2. The van der Waals surface area contributed by atoms with Crippen LogP contribution in [-0.4, -0.2) is 22.7 Å². The van der Waals surface area contributed by atoms with E-state index < -0.39 is 23.9 Å². The maximum absolute atomic E-state index is 12.6. The van der Waals surface area contributed by atoms with Gasteiger partial charge in [-0.25, -0.2) is 4.79 Å². The molecule has 1 aromatic carbocycles. The molecule has 0 radical (unpaired) electrons. The maximum atomic E-state index is 12.6. The van der Waals surface area contributed by atoms with Crippen molar-refractivity contribution in [3.05, 3.63) is 59.9 Å². The predicted molar refractivity (Wildman–Crippen MR) is 77.7 cm³/mol. The molecule has 1 heterocycles. The first-order valence-electron chi connectivity index (χ1n) is 6.66. The number of benzene rings is 1. The fourth-order valence-electron chi connectivity index (χ4n) is 1.84. The molecular formula is C15H14F3N3O2. The number of hydrogen-bond acceptors (Lipinski definition) is 3. The first-order chi connectivity index (χ1) is 10.9. The van der Waals surface area contributed by atoms with Crippen LogP contribution in [0, 0.1) is 0 Å². The van der Waals surface area contributed by atoms with Crippen LogP contribution in [0.15, 0.2) is 48.8 Å². The Balaban J connectivity index is 1.92. The van der Waals surface area contributed by atoms with Crippen LogP contribution in [0.3, 0.4) is 0 Å². The molecule has 5 nitrogen and oxygen atoms in total. The molecule has 0 spiro atoms. The van der Waals surface area contributed by atoms with E-state index in [0.717, 1.165) is 12.1 Å². The van der Waals surface area contributed by atoms with E-state index in [1.165, 1.54) is 24.5 Å². The van der Waals surface area contributed by atoms with Gasteiger partial charge in [-0.1, -0.05) is 12.1 Å². The van der Waals surface area contributed by atoms with E-state index in [2.05, 4.69) is 15.6 Å². The third-order valence-electron chi connectivity index (χ3n) is 2.99. The molecule has 2 amide bonds. The number of aliphatic hydroxyl groups is 1. The number of halogens is 3. The molecule has 23 heavy (non-hydrogen) atoms. The largest absolute Gasteiger partial charge is 0.416 e. The molecule has 0 saturated carbocycles. The van der Waals surface area contributed by atoms with E-state index >= 15 is 0 Å². The number of rotatable bonds is 4. The van der Waals surface area contributed by atoms with E-state index in [1.807, 2.05) is 0 Å². The Labute approximate surface area is 130 Å². The lowest BCUT2D eigenvalue weighted by Crippen LogP contribution is -2.32. The van der Waals surface area contributed by atoms with Crippen molar-refractivity contribution in [2.75, 3.05) is 11.9 Å². The normalized spacial score (nSPS) is 12.5. The summed E-state index contributed by atoms with van der Waals surface area (Å²) in [6, 6.07) is 6.90. The molecule has 2 aromatic rings. The standard InChI is InChI=1S/C15H14F3N3O2/c16-15(17,18)11-3-1-2-10(8-11)13(22)9-20-14(23)21-12-4-6-19-7-5-12/h1-8,13,22H,9H2,(H2,19,20,21,23)/t13-/m0/s1. The zero-order valence-corrected chi connectivity index (χ0v) is 11.8. The summed E-state index contributed by atoms with van der Waals surface area (Å²) < 4.78 is 37.9. The Bertz CT molecular complexity index is 663. The Morgan fingerprint density at radius 1 is 1.22 bits per heavy atom. The minimum absolute atomic E-state index is 0.0732. The number of urea groups is 1. The highest BCUT2D eigenvalue weighted by molar-refractivity contribution is 5.89. The van der Waals surface area contributed by atoms with Crippen LogP contribution < -0.4 is 10.6 Å². The monoisotopic (exact) mass is 325 g/mol. The van der Waals surface area contributed by atoms with Crippen LogP contribution in [0.25, 0.3) is 0 Å². The molecule has 0 saturated heterocycles. The van der Waals surface area contributed by atoms with Gasteiger partial charge in [0.15, 0.2) is 0 Å². The molecule has 0 fully saturated rings. The SMILES string of the molecule is O=C(NC[C@H](O)c1cccc(C(F)(F)F)c1)Nc1ccncc1. The van der Waals surface area contributed by atoms with Gasteiger partial charge in [-0.2, -0.15) is 13.2 Å². The highest BCUT2D eigenvalue weighted by Crippen LogP contribution is 2.30. The molecule has 0 bridgehead atoms. The van der Waals surface area contributed by atoms with E-state index in [4.69, 9.17) is 0 Å². The predicted octanol–water partition coefficient (Wildman–Crippen LogP) is 2.96. The molecule has 2 rings (SSSR count). The second-order valence-corrected chi connectivity index (χ2v) is 4.71. The highest BCUT2D eigenvalue weighted by Gasteiger charge is 2.30. The lowest BCUT2D eigenvalue weighted by Gasteiger charge is -2.15. The number of amides is 2. The fourth-order valence-corrected chi connectivity index (χ4v) is 1.84. The lowest BCUT2D eigenvalue weighted by atomic mass is 10.1. The summed E-state index contributed by atoms with van der Waals surface area (Å²) in [6.07, 6.45) is -2.75. The highest BCUT2D eigenvalue weighted by atomic mass is 19.4. The van der Waals surface area contributed by atoms with Crippen molar-refractivity contribution in [3.63, 3.8) is 0 Å². The summed E-state index contributed by atoms with van der Waals surface area (Å²) in [5.41, 5.74) is -0.273. The number of pyridine rings is 1. The number of anilines is 1. The lowest BCUT2D eigenvalue weighted by molar-refractivity contribution is -0.137. The van der Waals surface area contributed by atoms with Gasteiger partial charge in [0.2, 0.25) is 0 Å². The van der Waals surface area contributed by atoms with Gasteiger partial charge in [-0.05, 0) is 29.8 Å². The topological polar surface area (TPSA) is 74.2 Å². The summed E-state index contributed by atoms with van der Waals surface area (Å²) in [5.74, 6) is 0. The molecule has 8 heteroatoms. The Morgan fingerprint density at radius 3 is 2.57 bits per heavy atom.